The van der Waals surface area contributed by atoms with Gasteiger partial charge >= 0.3 is 12.1 Å². The molecule has 218 valence electrons. The SMILES string of the molecule is Cc1c(/C=C/c2cc(OCCCCF)c(CN3CCCC[C@H]3C(=O)O)cc2C(F)(F)F)cccc1-c1ccccc1. The van der Waals surface area contributed by atoms with Crippen molar-refractivity contribution in [3.05, 3.63) is 88.5 Å². The molecule has 1 saturated heterocycles. The summed E-state index contributed by atoms with van der Waals surface area (Å²) in [4.78, 5) is 13.5. The van der Waals surface area contributed by atoms with Crippen molar-refractivity contribution in [2.24, 2.45) is 0 Å². The number of piperidine rings is 1. The van der Waals surface area contributed by atoms with Crippen LogP contribution in [0.15, 0.2) is 60.7 Å². The van der Waals surface area contributed by atoms with Crippen molar-refractivity contribution in [3.8, 4) is 16.9 Å². The van der Waals surface area contributed by atoms with E-state index in [9.17, 15) is 27.5 Å². The number of ether oxygens (including phenoxy) is 1. The monoisotopic (exact) mass is 569 g/mol. The van der Waals surface area contributed by atoms with Crippen LogP contribution >= 0.6 is 0 Å². The lowest BCUT2D eigenvalue weighted by Crippen LogP contribution is -2.44. The van der Waals surface area contributed by atoms with E-state index in [1.165, 1.54) is 12.1 Å². The highest BCUT2D eigenvalue weighted by Gasteiger charge is 2.35. The van der Waals surface area contributed by atoms with Gasteiger partial charge in [0.05, 0.1) is 18.8 Å². The highest BCUT2D eigenvalue weighted by Crippen LogP contribution is 2.38. The minimum Gasteiger partial charge on any atom is -0.493 e. The van der Waals surface area contributed by atoms with Gasteiger partial charge in [0.15, 0.2) is 0 Å². The number of rotatable bonds is 11. The molecular weight excluding hydrogens is 534 g/mol. The third-order valence-electron chi connectivity index (χ3n) is 7.50. The molecular formula is C33H35F4NO3. The molecule has 3 aromatic rings. The molecule has 1 aliphatic rings. The van der Waals surface area contributed by atoms with E-state index >= 15 is 0 Å². The van der Waals surface area contributed by atoms with Crippen LogP contribution in [-0.2, 0) is 17.5 Å². The van der Waals surface area contributed by atoms with Crippen LogP contribution in [0.1, 0.15) is 59.9 Å². The predicted molar refractivity (Wildman–Crippen MR) is 153 cm³/mol. The third-order valence-corrected chi connectivity index (χ3v) is 7.50. The summed E-state index contributed by atoms with van der Waals surface area (Å²) in [6.07, 6.45) is 1.13. The molecule has 1 heterocycles. The fraction of sp³-hybridized carbons (Fsp3) is 0.364. The summed E-state index contributed by atoms with van der Waals surface area (Å²) in [6, 6.07) is 17.2. The quantitative estimate of drug-likeness (QED) is 0.143. The zero-order chi connectivity index (χ0) is 29.4. The van der Waals surface area contributed by atoms with Gasteiger partial charge in [0, 0.05) is 12.1 Å². The maximum Gasteiger partial charge on any atom is 0.417 e. The van der Waals surface area contributed by atoms with E-state index < -0.39 is 30.4 Å². The molecule has 0 bridgehead atoms. The highest BCUT2D eigenvalue weighted by atomic mass is 19.4. The molecule has 1 N–H and O–H groups in total. The lowest BCUT2D eigenvalue weighted by molar-refractivity contribution is -0.145. The second-order valence-corrected chi connectivity index (χ2v) is 10.3. The first-order chi connectivity index (χ1) is 19.7. The zero-order valence-corrected chi connectivity index (χ0v) is 23.1. The Bertz CT molecular complexity index is 1350. The topological polar surface area (TPSA) is 49.8 Å². The van der Waals surface area contributed by atoms with Crippen LogP contribution in [0.3, 0.4) is 0 Å². The van der Waals surface area contributed by atoms with Gasteiger partial charge in [-0.1, -0.05) is 67.1 Å². The van der Waals surface area contributed by atoms with Gasteiger partial charge in [0.2, 0.25) is 0 Å². The molecule has 1 fully saturated rings. The first-order valence-electron chi connectivity index (χ1n) is 13.9. The minimum atomic E-state index is -4.64. The van der Waals surface area contributed by atoms with Crippen molar-refractivity contribution in [2.45, 2.75) is 57.8 Å². The first kappa shape index (κ1) is 30.3. The van der Waals surface area contributed by atoms with Crippen molar-refractivity contribution in [1.82, 2.24) is 4.90 Å². The molecule has 4 rings (SSSR count). The van der Waals surface area contributed by atoms with E-state index in [0.29, 0.717) is 19.4 Å². The fourth-order valence-electron chi connectivity index (χ4n) is 5.28. The zero-order valence-electron chi connectivity index (χ0n) is 23.1. The molecule has 0 saturated carbocycles. The fourth-order valence-corrected chi connectivity index (χ4v) is 5.28. The molecule has 41 heavy (non-hydrogen) atoms. The summed E-state index contributed by atoms with van der Waals surface area (Å²) in [5.41, 5.74) is 3.12. The highest BCUT2D eigenvalue weighted by molar-refractivity contribution is 5.78. The smallest absolute Gasteiger partial charge is 0.417 e. The van der Waals surface area contributed by atoms with Gasteiger partial charge in [-0.25, -0.2) is 0 Å². The minimum absolute atomic E-state index is 0.0146. The Kier molecular flexibility index (Phi) is 10.2. The summed E-state index contributed by atoms with van der Waals surface area (Å²) < 4.78 is 61.6. The molecule has 0 aromatic heterocycles. The summed E-state index contributed by atoms with van der Waals surface area (Å²) in [7, 11) is 0. The third kappa shape index (κ3) is 7.76. The van der Waals surface area contributed by atoms with Crippen molar-refractivity contribution < 1.29 is 32.2 Å². The van der Waals surface area contributed by atoms with Gasteiger partial charge in [0.1, 0.15) is 11.8 Å². The van der Waals surface area contributed by atoms with E-state index in [-0.39, 0.29) is 36.4 Å². The number of hydrogen-bond donors (Lipinski definition) is 1. The van der Waals surface area contributed by atoms with Crippen molar-refractivity contribution >= 4 is 18.1 Å². The van der Waals surface area contributed by atoms with Crippen molar-refractivity contribution in [1.29, 1.82) is 0 Å². The maximum atomic E-state index is 14.4. The summed E-state index contributed by atoms with van der Waals surface area (Å²) in [5.74, 6) is -0.736. The number of unbranched alkanes of at least 4 members (excludes halogenated alkanes) is 1. The molecule has 0 amide bonds. The molecule has 0 aliphatic carbocycles. The Labute approximate surface area is 238 Å². The van der Waals surface area contributed by atoms with Gasteiger partial charge in [0.25, 0.3) is 0 Å². The number of alkyl halides is 4. The van der Waals surface area contributed by atoms with Crippen molar-refractivity contribution in [3.63, 3.8) is 0 Å². The Balaban J connectivity index is 1.73. The molecule has 1 atom stereocenters. The van der Waals surface area contributed by atoms with Crippen LogP contribution in [0.5, 0.6) is 5.75 Å². The van der Waals surface area contributed by atoms with Crippen LogP contribution in [0.4, 0.5) is 17.6 Å². The summed E-state index contributed by atoms with van der Waals surface area (Å²) in [5, 5.41) is 9.68. The Hall–Kier alpha value is -3.65. The number of aliphatic carboxylic acids is 1. The average Bonchev–Trinajstić information content (AvgIpc) is 2.95. The van der Waals surface area contributed by atoms with Gasteiger partial charge in [-0.15, -0.1) is 0 Å². The van der Waals surface area contributed by atoms with Crippen LogP contribution in [0.2, 0.25) is 0 Å². The normalized spacial score (nSPS) is 16.3. The Morgan fingerprint density at radius 1 is 1.02 bits per heavy atom. The Morgan fingerprint density at radius 3 is 2.49 bits per heavy atom. The Morgan fingerprint density at radius 2 is 1.78 bits per heavy atom. The predicted octanol–water partition coefficient (Wildman–Crippen LogP) is 8.42. The van der Waals surface area contributed by atoms with Gasteiger partial charge in [-0.2, -0.15) is 13.2 Å². The molecule has 0 unspecified atom stereocenters. The van der Waals surface area contributed by atoms with Crippen LogP contribution < -0.4 is 4.74 Å². The second-order valence-electron chi connectivity index (χ2n) is 10.3. The largest absolute Gasteiger partial charge is 0.493 e. The van der Waals surface area contributed by atoms with E-state index in [1.807, 2.05) is 55.5 Å². The maximum absolute atomic E-state index is 14.4. The van der Waals surface area contributed by atoms with E-state index in [0.717, 1.165) is 41.2 Å². The molecule has 8 heteroatoms. The van der Waals surface area contributed by atoms with Crippen LogP contribution in [-0.4, -0.2) is 41.8 Å². The van der Waals surface area contributed by atoms with Crippen LogP contribution in [0.25, 0.3) is 23.3 Å². The number of carboxylic acids is 1. The summed E-state index contributed by atoms with van der Waals surface area (Å²) in [6.45, 7) is 2.06. The lowest BCUT2D eigenvalue weighted by atomic mass is 9.95. The molecule has 0 spiro atoms. The number of carbonyl (C=O) groups is 1. The number of benzene rings is 3. The molecule has 4 nitrogen and oxygen atoms in total. The number of halogens is 4. The standard InChI is InChI=1S/C33H35F4NO3/c1-23-24(12-9-13-28(23)25-10-3-2-4-11-25)15-16-26-21-31(41-19-8-6-17-34)27(20-29(26)33(35,36)37)22-38-18-7-5-14-30(38)32(39)40/h2-4,9-13,15-16,20-21,30H,5-8,14,17-19,22H2,1H3,(H,39,40)/b16-15+/t30-/m0/s1. The first-order valence-corrected chi connectivity index (χ1v) is 13.9. The number of likely N-dealkylation sites (tertiary alicyclic amines) is 1. The summed E-state index contributed by atoms with van der Waals surface area (Å²) >= 11 is 0. The van der Waals surface area contributed by atoms with Gasteiger partial charge in [-0.05, 0) is 79.1 Å². The average molecular weight is 570 g/mol. The number of carboxylic acid groups (broad SMARTS) is 1. The molecule has 1 aliphatic heterocycles. The van der Waals surface area contributed by atoms with Gasteiger partial charge < -0.3 is 9.84 Å². The lowest BCUT2D eigenvalue weighted by Gasteiger charge is -2.33. The van der Waals surface area contributed by atoms with E-state index in [1.54, 1.807) is 11.0 Å². The number of nitrogens with zero attached hydrogens (tertiary/aromatic N) is 1. The van der Waals surface area contributed by atoms with Crippen LogP contribution in [0, 0.1) is 6.92 Å². The number of hydrogen-bond acceptors (Lipinski definition) is 3. The van der Waals surface area contributed by atoms with E-state index in [2.05, 4.69) is 0 Å². The molecule has 3 aromatic carbocycles. The van der Waals surface area contributed by atoms with E-state index in [4.69, 9.17) is 4.74 Å². The van der Waals surface area contributed by atoms with Gasteiger partial charge in [-0.3, -0.25) is 14.1 Å². The molecule has 0 radical (unpaired) electrons. The second kappa shape index (κ2) is 13.8. The van der Waals surface area contributed by atoms with Crippen molar-refractivity contribution in [2.75, 3.05) is 19.8 Å².